The van der Waals surface area contributed by atoms with Crippen LogP contribution >= 0.6 is 43.2 Å². The second-order valence-electron chi connectivity index (χ2n) is 3.95. The number of aromatic nitrogens is 1. The highest BCUT2D eigenvalue weighted by molar-refractivity contribution is 9.11. The molecule has 2 aromatic rings. The number of rotatable bonds is 3. The van der Waals surface area contributed by atoms with Gasteiger partial charge in [0.15, 0.2) is 0 Å². The van der Waals surface area contributed by atoms with Crippen LogP contribution in [0.1, 0.15) is 11.1 Å². The van der Waals surface area contributed by atoms with E-state index in [9.17, 15) is 8.42 Å². The molecule has 0 aliphatic carbocycles. The molecule has 2 aromatic heterocycles. The fourth-order valence-corrected chi connectivity index (χ4v) is 5.14. The molecule has 0 saturated carbocycles. The van der Waals surface area contributed by atoms with Crippen molar-refractivity contribution in [2.45, 2.75) is 18.1 Å². The summed E-state index contributed by atoms with van der Waals surface area (Å²) in [6.45, 7) is 3.65. The highest BCUT2D eigenvalue weighted by Gasteiger charge is 2.19. The van der Waals surface area contributed by atoms with E-state index in [1.54, 1.807) is 25.3 Å². The van der Waals surface area contributed by atoms with Gasteiger partial charge in [-0.2, -0.15) is 0 Å². The summed E-state index contributed by atoms with van der Waals surface area (Å²) in [6.07, 6.45) is 1.56. The Morgan fingerprint density at radius 1 is 1.21 bits per heavy atom. The Hall–Kier alpha value is -0.440. The number of nitrogens with one attached hydrogen (secondary N) is 1. The first-order valence-electron chi connectivity index (χ1n) is 5.20. The third-order valence-electron chi connectivity index (χ3n) is 2.38. The molecule has 0 saturated heterocycles. The first kappa shape index (κ1) is 15.0. The van der Waals surface area contributed by atoms with Gasteiger partial charge >= 0.3 is 0 Å². The van der Waals surface area contributed by atoms with E-state index in [2.05, 4.69) is 41.6 Å². The average molecular weight is 426 g/mol. The second kappa shape index (κ2) is 5.51. The largest absolute Gasteiger partial charge is 0.272 e. The van der Waals surface area contributed by atoms with Gasteiger partial charge in [0.25, 0.3) is 10.0 Å². The molecule has 0 aromatic carbocycles. The number of sulfonamides is 1. The van der Waals surface area contributed by atoms with Crippen LogP contribution in [0.4, 0.5) is 5.82 Å². The summed E-state index contributed by atoms with van der Waals surface area (Å²) >= 11 is 7.79. The van der Waals surface area contributed by atoms with Gasteiger partial charge in [-0.15, -0.1) is 11.3 Å². The van der Waals surface area contributed by atoms with E-state index in [-0.39, 0.29) is 4.21 Å². The highest BCUT2D eigenvalue weighted by Crippen LogP contribution is 2.31. The van der Waals surface area contributed by atoms with Crippen molar-refractivity contribution in [3.05, 3.63) is 37.7 Å². The van der Waals surface area contributed by atoms with Crippen LogP contribution in [0.2, 0.25) is 0 Å². The molecule has 4 nitrogen and oxygen atoms in total. The van der Waals surface area contributed by atoms with E-state index in [0.29, 0.717) is 5.82 Å². The normalized spacial score (nSPS) is 11.6. The van der Waals surface area contributed by atoms with Gasteiger partial charge in [-0.1, -0.05) is 0 Å². The average Bonchev–Trinajstić information content (AvgIpc) is 2.64. The van der Waals surface area contributed by atoms with Gasteiger partial charge in [-0.3, -0.25) is 4.72 Å². The summed E-state index contributed by atoms with van der Waals surface area (Å²) in [4.78, 5) is 4.07. The van der Waals surface area contributed by atoms with Crippen molar-refractivity contribution in [3.8, 4) is 0 Å². The molecule has 0 fully saturated rings. The quantitative estimate of drug-likeness (QED) is 0.805. The molecule has 0 atom stereocenters. The van der Waals surface area contributed by atoms with E-state index in [1.807, 2.05) is 6.92 Å². The highest BCUT2D eigenvalue weighted by atomic mass is 79.9. The van der Waals surface area contributed by atoms with E-state index < -0.39 is 10.0 Å². The number of anilines is 1. The van der Waals surface area contributed by atoms with Crippen molar-refractivity contribution in [1.82, 2.24) is 4.98 Å². The zero-order chi connectivity index (χ0) is 14.2. The predicted molar refractivity (Wildman–Crippen MR) is 84.2 cm³/mol. The molecule has 0 aliphatic heterocycles. The molecule has 19 heavy (non-hydrogen) atoms. The van der Waals surface area contributed by atoms with Crippen molar-refractivity contribution in [2.24, 2.45) is 0 Å². The van der Waals surface area contributed by atoms with Crippen LogP contribution in [0, 0.1) is 13.8 Å². The van der Waals surface area contributed by atoms with Crippen LogP contribution in [0.5, 0.6) is 0 Å². The van der Waals surface area contributed by atoms with E-state index >= 15 is 0 Å². The number of pyridine rings is 1. The summed E-state index contributed by atoms with van der Waals surface area (Å²) in [6, 6.07) is 3.44. The number of aryl methyl sites for hydroxylation is 2. The molecule has 8 heteroatoms. The minimum atomic E-state index is -3.59. The molecule has 102 valence electrons. The number of halogens is 2. The first-order valence-corrected chi connectivity index (χ1v) is 9.09. The van der Waals surface area contributed by atoms with Crippen molar-refractivity contribution in [3.63, 3.8) is 0 Å². The van der Waals surface area contributed by atoms with Crippen LogP contribution in [-0.4, -0.2) is 13.4 Å². The van der Waals surface area contributed by atoms with Gasteiger partial charge in [-0.05, 0) is 69.0 Å². The minimum absolute atomic E-state index is 0.265. The minimum Gasteiger partial charge on any atom is -0.262 e. The summed E-state index contributed by atoms with van der Waals surface area (Å²) in [5.41, 5.74) is 1.65. The van der Waals surface area contributed by atoms with Crippen LogP contribution in [0.3, 0.4) is 0 Å². The van der Waals surface area contributed by atoms with Gasteiger partial charge in [0.1, 0.15) is 10.0 Å². The van der Waals surface area contributed by atoms with Crippen molar-refractivity contribution >= 4 is 59.0 Å². The van der Waals surface area contributed by atoms with Crippen LogP contribution < -0.4 is 4.72 Å². The third-order valence-corrected chi connectivity index (χ3v) is 6.76. The molecule has 1 N–H and O–H groups in total. The lowest BCUT2D eigenvalue weighted by Gasteiger charge is -2.08. The van der Waals surface area contributed by atoms with Gasteiger partial charge < -0.3 is 0 Å². The lowest BCUT2D eigenvalue weighted by Crippen LogP contribution is -2.13. The van der Waals surface area contributed by atoms with Gasteiger partial charge in [0.2, 0.25) is 0 Å². The molecule has 0 amide bonds. The molecule has 0 bridgehead atoms. The Morgan fingerprint density at radius 3 is 2.42 bits per heavy atom. The van der Waals surface area contributed by atoms with Crippen molar-refractivity contribution in [2.75, 3.05) is 4.72 Å². The Labute approximate surface area is 132 Å². The topological polar surface area (TPSA) is 59.1 Å². The number of nitrogens with zero attached hydrogens (tertiary/aromatic N) is 1. The fourth-order valence-electron chi connectivity index (χ4n) is 1.39. The lowest BCUT2D eigenvalue weighted by molar-refractivity contribution is 0.603. The summed E-state index contributed by atoms with van der Waals surface area (Å²) in [7, 11) is -3.59. The SMILES string of the molecule is Cc1cc(Br)cnc1NS(=O)(=O)c1cc(C)c(Br)s1. The summed E-state index contributed by atoms with van der Waals surface area (Å²) in [5, 5.41) is 0. The third kappa shape index (κ3) is 3.36. The van der Waals surface area contributed by atoms with Gasteiger partial charge in [0, 0.05) is 10.7 Å². The monoisotopic (exact) mass is 424 g/mol. The first-order chi connectivity index (χ1) is 8.79. The predicted octanol–water partition coefficient (Wildman–Crippen LogP) is 4.09. The molecule has 0 aliphatic rings. The van der Waals surface area contributed by atoms with Gasteiger partial charge in [0.05, 0.1) is 3.79 Å². The molecule has 0 spiro atoms. The fraction of sp³-hybridized carbons (Fsp3) is 0.182. The van der Waals surface area contributed by atoms with E-state index in [0.717, 1.165) is 19.4 Å². The second-order valence-corrected chi connectivity index (χ2v) is 9.14. The maximum Gasteiger partial charge on any atom is 0.272 e. The zero-order valence-electron chi connectivity index (χ0n) is 10.1. The maximum atomic E-state index is 12.2. The van der Waals surface area contributed by atoms with Crippen LogP contribution in [0.15, 0.2) is 30.8 Å². The lowest BCUT2D eigenvalue weighted by atomic mass is 10.3. The standard InChI is InChI=1S/C11H10Br2N2O2S2/c1-6-4-9(18-10(6)13)19(16,17)15-11-7(2)3-8(12)5-14-11/h3-5H,1-2H3,(H,14,15). The number of hydrogen-bond acceptors (Lipinski definition) is 4. The summed E-state index contributed by atoms with van der Waals surface area (Å²) in [5.74, 6) is 0.338. The molecule has 2 heterocycles. The summed E-state index contributed by atoms with van der Waals surface area (Å²) < 4.78 is 28.8. The maximum absolute atomic E-state index is 12.2. The Morgan fingerprint density at radius 2 is 1.89 bits per heavy atom. The Bertz CT molecular complexity index is 707. The van der Waals surface area contributed by atoms with Crippen molar-refractivity contribution < 1.29 is 8.42 Å². The Balaban J connectivity index is 2.36. The van der Waals surface area contributed by atoms with E-state index in [1.165, 1.54) is 11.3 Å². The molecular formula is C11H10Br2N2O2S2. The smallest absolute Gasteiger partial charge is 0.262 e. The molecule has 2 rings (SSSR count). The number of thiophene rings is 1. The van der Waals surface area contributed by atoms with Crippen LogP contribution in [-0.2, 0) is 10.0 Å². The van der Waals surface area contributed by atoms with Crippen molar-refractivity contribution in [1.29, 1.82) is 0 Å². The zero-order valence-corrected chi connectivity index (χ0v) is 14.9. The molecule has 0 unspecified atom stereocenters. The van der Waals surface area contributed by atoms with Crippen LogP contribution in [0.25, 0.3) is 0 Å². The Kier molecular flexibility index (Phi) is 4.34. The van der Waals surface area contributed by atoms with E-state index in [4.69, 9.17) is 0 Å². The van der Waals surface area contributed by atoms with Gasteiger partial charge in [-0.25, -0.2) is 13.4 Å². The number of hydrogen-bond donors (Lipinski definition) is 1. The molecular weight excluding hydrogens is 416 g/mol. The molecule has 0 radical (unpaired) electrons.